The predicted octanol–water partition coefficient (Wildman–Crippen LogP) is 1.95. The molecule has 1 aliphatic rings. The molecule has 3 N–H and O–H groups in total. The predicted molar refractivity (Wildman–Crippen MR) is 78.8 cm³/mol. The maximum absolute atomic E-state index is 10.7. The van der Waals surface area contributed by atoms with E-state index in [-0.39, 0.29) is 0 Å². The van der Waals surface area contributed by atoms with Crippen molar-refractivity contribution in [3.63, 3.8) is 0 Å². The number of β-amino-alcohol motifs (C(OH)–C–C–N with tert-alkyl or cyclic N) is 1. The van der Waals surface area contributed by atoms with Gasteiger partial charge in [-0.1, -0.05) is 30.3 Å². The van der Waals surface area contributed by atoms with Crippen molar-refractivity contribution in [2.45, 2.75) is 31.8 Å². The van der Waals surface area contributed by atoms with Gasteiger partial charge in [-0.15, -0.1) is 0 Å². The quantitative estimate of drug-likeness (QED) is 0.853. The van der Waals surface area contributed by atoms with Crippen LogP contribution in [0.4, 0.5) is 0 Å². The molecule has 2 rings (SSSR count). The van der Waals surface area contributed by atoms with Crippen LogP contribution in [0.25, 0.3) is 0 Å². The average molecular weight is 262 g/mol. The smallest absolute Gasteiger partial charge is 0.0994 e. The molecular weight excluding hydrogens is 236 g/mol. The Bertz CT molecular complexity index is 376. The van der Waals surface area contributed by atoms with Gasteiger partial charge in [-0.2, -0.15) is 0 Å². The Morgan fingerprint density at radius 3 is 2.79 bits per heavy atom. The highest BCUT2D eigenvalue weighted by Crippen LogP contribution is 2.25. The SMILES string of the molecule is CC(O)(CN1CCCC(CCN)C1)c1ccccc1. The molecule has 3 heteroatoms. The van der Waals surface area contributed by atoms with Crippen molar-refractivity contribution < 1.29 is 5.11 Å². The first kappa shape index (κ1) is 14.5. The van der Waals surface area contributed by atoms with Crippen molar-refractivity contribution in [3.05, 3.63) is 35.9 Å². The Kier molecular flexibility index (Phi) is 4.97. The highest BCUT2D eigenvalue weighted by molar-refractivity contribution is 5.21. The summed E-state index contributed by atoms with van der Waals surface area (Å²) in [5.74, 6) is 0.699. The Hall–Kier alpha value is -0.900. The van der Waals surface area contributed by atoms with E-state index >= 15 is 0 Å². The van der Waals surface area contributed by atoms with Gasteiger partial charge in [0.2, 0.25) is 0 Å². The lowest BCUT2D eigenvalue weighted by Gasteiger charge is -2.37. The van der Waals surface area contributed by atoms with Crippen molar-refractivity contribution in [3.8, 4) is 0 Å². The lowest BCUT2D eigenvalue weighted by atomic mass is 9.91. The number of nitrogens with zero attached hydrogens (tertiary/aromatic N) is 1. The number of hydrogen-bond acceptors (Lipinski definition) is 3. The summed E-state index contributed by atoms with van der Waals surface area (Å²) in [7, 11) is 0. The third-order valence-corrected chi connectivity index (χ3v) is 4.11. The molecule has 1 heterocycles. The Morgan fingerprint density at radius 2 is 2.11 bits per heavy atom. The zero-order valence-corrected chi connectivity index (χ0v) is 11.9. The van der Waals surface area contributed by atoms with Crippen molar-refractivity contribution in [2.75, 3.05) is 26.2 Å². The van der Waals surface area contributed by atoms with Gasteiger partial charge in [0, 0.05) is 13.1 Å². The van der Waals surface area contributed by atoms with E-state index in [1.54, 1.807) is 0 Å². The van der Waals surface area contributed by atoms with E-state index < -0.39 is 5.60 Å². The lowest BCUT2D eigenvalue weighted by Crippen LogP contribution is -2.44. The number of hydrogen-bond donors (Lipinski definition) is 2. The number of aliphatic hydroxyl groups is 1. The first-order valence-corrected chi connectivity index (χ1v) is 7.32. The molecule has 1 fully saturated rings. The van der Waals surface area contributed by atoms with Gasteiger partial charge in [0.15, 0.2) is 0 Å². The van der Waals surface area contributed by atoms with Gasteiger partial charge in [-0.05, 0) is 50.8 Å². The molecule has 0 spiro atoms. The fourth-order valence-electron chi connectivity index (χ4n) is 3.09. The maximum atomic E-state index is 10.7. The summed E-state index contributed by atoms with van der Waals surface area (Å²) in [5, 5.41) is 10.7. The molecule has 2 unspecified atom stereocenters. The summed E-state index contributed by atoms with van der Waals surface area (Å²) in [4.78, 5) is 2.39. The summed E-state index contributed by atoms with van der Waals surface area (Å²) in [5.41, 5.74) is 5.88. The van der Waals surface area contributed by atoms with Gasteiger partial charge in [-0.25, -0.2) is 0 Å². The van der Waals surface area contributed by atoms with E-state index in [1.165, 1.54) is 12.8 Å². The summed E-state index contributed by atoms with van der Waals surface area (Å²) in [6.45, 7) is 5.55. The molecule has 0 saturated carbocycles. The van der Waals surface area contributed by atoms with Crippen LogP contribution >= 0.6 is 0 Å². The molecule has 106 valence electrons. The normalized spacial score (nSPS) is 24.1. The zero-order chi connectivity index (χ0) is 13.7. The van der Waals surface area contributed by atoms with Crippen molar-refractivity contribution in [1.29, 1.82) is 0 Å². The fourth-order valence-corrected chi connectivity index (χ4v) is 3.09. The topological polar surface area (TPSA) is 49.5 Å². The number of nitrogens with two attached hydrogens (primary N) is 1. The van der Waals surface area contributed by atoms with Crippen LogP contribution in [0.2, 0.25) is 0 Å². The number of piperidine rings is 1. The van der Waals surface area contributed by atoms with Crippen molar-refractivity contribution in [2.24, 2.45) is 11.7 Å². The second-order valence-corrected chi connectivity index (χ2v) is 5.96. The van der Waals surface area contributed by atoms with Crippen LogP contribution in [0.1, 0.15) is 31.7 Å². The van der Waals surface area contributed by atoms with Gasteiger partial charge >= 0.3 is 0 Å². The van der Waals surface area contributed by atoms with Crippen LogP contribution in [0, 0.1) is 5.92 Å². The molecule has 0 radical (unpaired) electrons. The fraction of sp³-hybridized carbons (Fsp3) is 0.625. The van der Waals surface area contributed by atoms with E-state index in [0.29, 0.717) is 12.5 Å². The summed E-state index contributed by atoms with van der Waals surface area (Å²) >= 11 is 0. The first-order valence-electron chi connectivity index (χ1n) is 7.32. The van der Waals surface area contributed by atoms with Gasteiger partial charge in [0.25, 0.3) is 0 Å². The summed E-state index contributed by atoms with van der Waals surface area (Å²) in [6.07, 6.45) is 3.60. The molecule has 3 nitrogen and oxygen atoms in total. The molecule has 1 aromatic rings. The minimum Gasteiger partial charge on any atom is -0.384 e. The Labute approximate surface area is 116 Å². The molecule has 0 bridgehead atoms. The first-order chi connectivity index (χ1) is 9.12. The molecule has 0 aromatic heterocycles. The minimum atomic E-state index is -0.772. The average Bonchev–Trinajstić information content (AvgIpc) is 2.40. The van der Waals surface area contributed by atoms with E-state index in [1.807, 2.05) is 37.3 Å². The van der Waals surface area contributed by atoms with Gasteiger partial charge < -0.3 is 10.8 Å². The van der Waals surface area contributed by atoms with Gasteiger partial charge in [0.1, 0.15) is 0 Å². The third-order valence-electron chi connectivity index (χ3n) is 4.11. The van der Waals surface area contributed by atoms with Crippen molar-refractivity contribution >= 4 is 0 Å². The van der Waals surface area contributed by atoms with Crippen LogP contribution in [0.15, 0.2) is 30.3 Å². The molecule has 0 aliphatic carbocycles. The molecule has 1 aliphatic heterocycles. The third kappa shape index (κ3) is 4.03. The Balaban J connectivity index is 1.96. The zero-order valence-electron chi connectivity index (χ0n) is 11.9. The van der Waals surface area contributed by atoms with Gasteiger partial charge in [-0.3, -0.25) is 4.90 Å². The molecular formula is C16H26N2O. The lowest BCUT2D eigenvalue weighted by molar-refractivity contribution is 0.00279. The number of rotatable bonds is 5. The van der Waals surface area contributed by atoms with Crippen LogP contribution in [-0.4, -0.2) is 36.2 Å². The van der Waals surface area contributed by atoms with E-state index in [0.717, 1.165) is 31.6 Å². The molecule has 0 amide bonds. The van der Waals surface area contributed by atoms with E-state index in [9.17, 15) is 5.11 Å². The summed E-state index contributed by atoms with van der Waals surface area (Å²) in [6, 6.07) is 9.95. The van der Waals surface area contributed by atoms with Crippen LogP contribution in [-0.2, 0) is 5.60 Å². The number of benzene rings is 1. The highest BCUT2D eigenvalue weighted by atomic mass is 16.3. The standard InChI is InChI=1S/C16H26N2O/c1-16(19,15-7-3-2-4-8-15)13-18-11-5-6-14(12-18)9-10-17/h2-4,7-8,14,19H,5-6,9-13,17H2,1H3. The van der Waals surface area contributed by atoms with Gasteiger partial charge in [0.05, 0.1) is 5.60 Å². The highest BCUT2D eigenvalue weighted by Gasteiger charge is 2.28. The second-order valence-electron chi connectivity index (χ2n) is 5.96. The number of likely N-dealkylation sites (tertiary alicyclic amines) is 1. The molecule has 19 heavy (non-hydrogen) atoms. The van der Waals surface area contributed by atoms with Crippen LogP contribution in [0.5, 0.6) is 0 Å². The van der Waals surface area contributed by atoms with E-state index in [2.05, 4.69) is 4.90 Å². The second kappa shape index (κ2) is 6.51. The van der Waals surface area contributed by atoms with Crippen LogP contribution < -0.4 is 5.73 Å². The minimum absolute atomic E-state index is 0.699. The monoisotopic (exact) mass is 262 g/mol. The maximum Gasteiger partial charge on any atom is 0.0994 e. The largest absolute Gasteiger partial charge is 0.384 e. The Morgan fingerprint density at radius 1 is 1.37 bits per heavy atom. The molecule has 1 saturated heterocycles. The summed E-state index contributed by atoms with van der Waals surface area (Å²) < 4.78 is 0. The molecule has 1 aromatic carbocycles. The van der Waals surface area contributed by atoms with Crippen LogP contribution in [0.3, 0.4) is 0 Å². The van der Waals surface area contributed by atoms with E-state index in [4.69, 9.17) is 5.73 Å². The molecule has 2 atom stereocenters. The van der Waals surface area contributed by atoms with Crippen molar-refractivity contribution in [1.82, 2.24) is 4.90 Å².